The van der Waals surface area contributed by atoms with Crippen LogP contribution in [0.2, 0.25) is 0 Å². The van der Waals surface area contributed by atoms with Crippen molar-refractivity contribution in [3.8, 4) is 0 Å². The maximum atomic E-state index is 12.8. The molecule has 2 aliphatic rings. The third-order valence-corrected chi connectivity index (χ3v) is 6.13. The Balaban J connectivity index is 1.75. The van der Waals surface area contributed by atoms with E-state index in [2.05, 4.69) is 0 Å². The normalized spacial score (nSPS) is 21.9. The van der Waals surface area contributed by atoms with Crippen LogP contribution in [0, 0.1) is 11.3 Å². The van der Waals surface area contributed by atoms with Crippen LogP contribution < -0.4 is 5.56 Å². The van der Waals surface area contributed by atoms with Crippen molar-refractivity contribution >= 4 is 11.8 Å². The lowest BCUT2D eigenvalue weighted by Crippen LogP contribution is -2.48. The molecule has 3 heterocycles. The lowest BCUT2D eigenvalue weighted by molar-refractivity contribution is -0.133. The van der Waals surface area contributed by atoms with Gasteiger partial charge in [-0.15, -0.1) is 0 Å². The number of amides is 2. The van der Waals surface area contributed by atoms with E-state index in [1.165, 1.54) is 4.57 Å². The molecule has 2 aliphatic heterocycles. The Labute approximate surface area is 159 Å². The third-order valence-electron chi connectivity index (χ3n) is 6.13. The zero-order chi connectivity index (χ0) is 19.6. The number of aryl methyl sites for hydroxylation is 1. The highest BCUT2D eigenvalue weighted by molar-refractivity contribution is 5.94. The van der Waals surface area contributed by atoms with Gasteiger partial charge in [0.1, 0.15) is 5.56 Å². The van der Waals surface area contributed by atoms with Crippen molar-refractivity contribution in [1.82, 2.24) is 14.4 Å². The Morgan fingerprint density at radius 1 is 1.26 bits per heavy atom. The lowest BCUT2D eigenvalue weighted by Gasteiger charge is -2.41. The molecule has 1 aromatic heterocycles. The van der Waals surface area contributed by atoms with Gasteiger partial charge in [0, 0.05) is 51.4 Å². The van der Waals surface area contributed by atoms with Gasteiger partial charge in [0.05, 0.1) is 12.5 Å². The first-order valence-corrected chi connectivity index (χ1v) is 9.75. The van der Waals surface area contributed by atoms with Crippen molar-refractivity contribution in [3.05, 3.63) is 34.2 Å². The number of carbonyl (C=O) groups excluding carboxylic acids is 2. The topological polar surface area (TPSA) is 71.8 Å². The highest BCUT2D eigenvalue weighted by Gasteiger charge is 2.53. The minimum Gasteiger partial charge on any atom is -0.381 e. The molecule has 1 aromatic rings. The van der Waals surface area contributed by atoms with E-state index < -0.39 is 0 Å². The first kappa shape index (κ1) is 19.6. The second-order valence-electron chi connectivity index (χ2n) is 7.56. The molecular formula is C20H29N3O4. The maximum Gasteiger partial charge on any atom is 0.263 e. The summed E-state index contributed by atoms with van der Waals surface area (Å²) in [6, 6.07) is 3.30. The number of ether oxygens (including phenoxy) is 1. The molecular weight excluding hydrogens is 346 g/mol. The first-order valence-electron chi connectivity index (χ1n) is 9.75. The molecule has 0 radical (unpaired) electrons. The Hall–Kier alpha value is -2.15. The quantitative estimate of drug-likeness (QED) is 0.773. The summed E-state index contributed by atoms with van der Waals surface area (Å²) in [5, 5.41) is 0. The van der Waals surface area contributed by atoms with E-state index in [1.54, 1.807) is 30.3 Å². The van der Waals surface area contributed by atoms with Gasteiger partial charge in [-0.25, -0.2) is 0 Å². The van der Waals surface area contributed by atoms with Crippen molar-refractivity contribution in [3.63, 3.8) is 0 Å². The van der Waals surface area contributed by atoms with Gasteiger partial charge in [-0.1, -0.05) is 0 Å². The molecule has 0 N–H and O–H groups in total. The Kier molecular flexibility index (Phi) is 5.69. The number of carbonyl (C=O) groups is 2. The lowest BCUT2D eigenvalue weighted by atomic mass is 9.71. The molecule has 148 valence electrons. The van der Waals surface area contributed by atoms with Crippen molar-refractivity contribution in [2.24, 2.45) is 18.4 Å². The Morgan fingerprint density at radius 2 is 1.96 bits per heavy atom. The summed E-state index contributed by atoms with van der Waals surface area (Å²) < 4.78 is 7.03. The number of aromatic nitrogens is 1. The standard InChI is InChI=1S/C20H29N3O4/c1-4-22-14-20(16(19(22)26)13-27-5-2)8-11-23(12-9-20)18(25)15-7-6-10-21(3)17(15)24/h6-7,10,16H,4-5,8-9,11-14H2,1-3H3. The summed E-state index contributed by atoms with van der Waals surface area (Å²) in [7, 11) is 1.64. The van der Waals surface area contributed by atoms with Crippen LogP contribution in [0.1, 0.15) is 37.0 Å². The molecule has 2 amide bonds. The zero-order valence-corrected chi connectivity index (χ0v) is 16.4. The van der Waals surface area contributed by atoms with E-state index in [1.807, 2.05) is 18.7 Å². The van der Waals surface area contributed by atoms with E-state index in [0.29, 0.717) is 32.8 Å². The fourth-order valence-corrected chi connectivity index (χ4v) is 4.39. The molecule has 0 saturated carbocycles. The van der Waals surface area contributed by atoms with Crippen molar-refractivity contribution in [1.29, 1.82) is 0 Å². The molecule has 1 unspecified atom stereocenters. The molecule has 7 nitrogen and oxygen atoms in total. The number of likely N-dealkylation sites (tertiary alicyclic amines) is 2. The molecule has 1 spiro atoms. The van der Waals surface area contributed by atoms with Crippen LogP contribution in [0.5, 0.6) is 0 Å². The Bertz CT molecular complexity index is 765. The number of rotatable bonds is 5. The van der Waals surface area contributed by atoms with Gasteiger partial charge in [-0.2, -0.15) is 0 Å². The molecule has 1 atom stereocenters. The summed E-state index contributed by atoms with van der Waals surface area (Å²) in [6.45, 7) is 7.52. The van der Waals surface area contributed by atoms with Crippen molar-refractivity contribution in [2.75, 3.05) is 39.4 Å². The van der Waals surface area contributed by atoms with Crippen molar-refractivity contribution in [2.45, 2.75) is 26.7 Å². The molecule has 2 fully saturated rings. The molecule has 7 heteroatoms. The number of hydrogen-bond acceptors (Lipinski definition) is 4. The third kappa shape index (κ3) is 3.52. The second-order valence-corrected chi connectivity index (χ2v) is 7.56. The van der Waals surface area contributed by atoms with Gasteiger partial charge in [0.2, 0.25) is 5.91 Å². The fraction of sp³-hybridized carbons (Fsp3) is 0.650. The van der Waals surface area contributed by atoms with Gasteiger partial charge >= 0.3 is 0 Å². The van der Waals surface area contributed by atoms with Gasteiger partial charge < -0.3 is 19.1 Å². The minimum atomic E-state index is -0.273. The van der Waals surface area contributed by atoms with Crippen LogP contribution in [0.25, 0.3) is 0 Å². The average Bonchev–Trinajstić information content (AvgIpc) is 2.93. The highest BCUT2D eigenvalue weighted by atomic mass is 16.5. The average molecular weight is 375 g/mol. The zero-order valence-electron chi connectivity index (χ0n) is 16.4. The van der Waals surface area contributed by atoms with E-state index in [4.69, 9.17) is 4.74 Å². The van der Waals surface area contributed by atoms with Crippen LogP contribution in [0.4, 0.5) is 0 Å². The monoisotopic (exact) mass is 375 g/mol. The van der Waals surface area contributed by atoms with Gasteiger partial charge in [-0.3, -0.25) is 14.4 Å². The first-order chi connectivity index (χ1) is 12.9. The molecule has 27 heavy (non-hydrogen) atoms. The number of nitrogens with zero attached hydrogens (tertiary/aromatic N) is 3. The minimum absolute atomic E-state index is 0.138. The van der Waals surface area contributed by atoms with Crippen LogP contribution in [0.3, 0.4) is 0 Å². The van der Waals surface area contributed by atoms with Crippen molar-refractivity contribution < 1.29 is 14.3 Å². The van der Waals surface area contributed by atoms with E-state index in [0.717, 1.165) is 19.4 Å². The SMILES string of the molecule is CCOCC1C(=O)N(CC)CC12CCN(C(=O)c1cccn(C)c1=O)CC2. The summed E-state index contributed by atoms with van der Waals surface area (Å²) in [4.78, 5) is 41.5. The van der Waals surface area contributed by atoms with Gasteiger partial charge in [-0.05, 0) is 38.8 Å². The largest absolute Gasteiger partial charge is 0.381 e. The van der Waals surface area contributed by atoms with Crippen LogP contribution in [-0.2, 0) is 16.6 Å². The van der Waals surface area contributed by atoms with Crippen LogP contribution in [-0.4, -0.2) is 65.6 Å². The maximum absolute atomic E-state index is 12.8. The second kappa shape index (κ2) is 7.84. The smallest absolute Gasteiger partial charge is 0.263 e. The molecule has 2 saturated heterocycles. The summed E-state index contributed by atoms with van der Waals surface area (Å²) in [5.74, 6) is -0.189. The molecule has 0 bridgehead atoms. The van der Waals surface area contributed by atoms with E-state index in [9.17, 15) is 14.4 Å². The van der Waals surface area contributed by atoms with Gasteiger partial charge in [0.15, 0.2) is 0 Å². The highest BCUT2D eigenvalue weighted by Crippen LogP contribution is 2.45. The van der Waals surface area contributed by atoms with E-state index >= 15 is 0 Å². The molecule has 0 aromatic carbocycles. The number of piperidine rings is 1. The predicted molar refractivity (Wildman–Crippen MR) is 101 cm³/mol. The fourth-order valence-electron chi connectivity index (χ4n) is 4.39. The molecule has 3 rings (SSSR count). The van der Waals surface area contributed by atoms with Crippen LogP contribution >= 0.6 is 0 Å². The summed E-state index contributed by atoms with van der Waals surface area (Å²) in [6.07, 6.45) is 3.16. The molecule has 0 aliphatic carbocycles. The Morgan fingerprint density at radius 3 is 2.59 bits per heavy atom. The summed E-state index contributed by atoms with van der Waals surface area (Å²) in [5.41, 5.74) is -0.203. The number of hydrogen-bond donors (Lipinski definition) is 0. The van der Waals surface area contributed by atoms with Crippen LogP contribution in [0.15, 0.2) is 23.1 Å². The predicted octanol–water partition coefficient (Wildman–Crippen LogP) is 1.12. The van der Waals surface area contributed by atoms with E-state index in [-0.39, 0.29) is 34.3 Å². The van der Waals surface area contributed by atoms with Gasteiger partial charge in [0.25, 0.3) is 11.5 Å². The number of pyridine rings is 1. The summed E-state index contributed by atoms with van der Waals surface area (Å²) >= 11 is 0.